The first-order valence-electron chi connectivity index (χ1n) is 6.68. The standard InChI is InChI=1S/C14H19F2N3O/c1-9(17)10-2-3-19(7-10)8-14(20)18-13-5-11(15)4-12(16)6-13/h4-6,9-10H,2-3,7-8,17H2,1H3,(H,18,20). The van der Waals surface area contributed by atoms with Gasteiger partial charge in [-0.1, -0.05) is 0 Å². The van der Waals surface area contributed by atoms with Gasteiger partial charge >= 0.3 is 0 Å². The molecule has 0 aliphatic carbocycles. The third kappa shape index (κ3) is 3.98. The Kier molecular flexibility index (Phi) is 4.67. The van der Waals surface area contributed by atoms with Crippen molar-refractivity contribution in [1.29, 1.82) is 0 Å². The minimum absolute atomic E-state index is 0.111. The van der Waals surface area contributed by atoms with Crippen molar-refractivity contribution < 1.29 is 13.6 Å². The molecule has 110 valence electrons. The van der Waals surface area contributed by atoms with E-state index in [0.717, 1.165) is 37.7 Å². The van der Waals surface area contributed by atoms with Crippen molar-refractivity contribution in [3.05, 3.63) is 29.8 Å². The third-order valence-electron chi connectivity index (χ3n) is 3.57. The van der Waals surface area contributed by atoms with Crippen molar-refractivity contribution in [1.82, 2.24) is 4.90 Å². The van der Waals surface area contributed by atoms with E-state index in [0.29, 0.717) is 5.92 Å². The first kappa shape index (κ1) is 14.9. The lowest BCUT2D eigenvalue weighted by Crippen LogP contribution is -2.34. The molecule has 1 aliphatic rings. The first-order chi connectivity index (χ1) is 9.44. The Morgan fingerprint density at radius 1 is 1.45 bits per heavy atom. The predicted molar refractivity (Wildman–Crippen MR) is 73.2 cm³/mol. The van der Waals surface area contributed by atoms with E-state index in [-0.39, 0.29) is 24.2 Å². The molecule has 2 unspecified atom stereocenters. The Labute approximate surface area is 116 Å². The van der Waals surface area contributed by atoms with E-state index in [4.69, 9.17) is 5.73 Å². The summed E-state index contributed by atoms with van der Waals surface area (Å²) in [7, 11) is 0. The van der Waals surface area contributed by atoms with Crippen molar-refractivity contribution in [2.45, 2.75) is 19.4 Å². The Hall–Kier alpha value is -1.53. The number of nitrogens with two attached hydrogens (primary N) is 1. The van der Waals surface area contributed by atoms with Crippen molar-refractivity contribution in [3.63, 3.8) is 0 Å². The maximum Gasteiger partial charge on any atom is 0.238 e. The van der Waals surface area contributed by atoms with Crippen LogP contribution in [0.25, 0.3) is 0 Å². The Morgan fingerprint density at radius 2 is 2.10 bits per heavy atom. The Bertz CT molecular complexity index is 473. The quantitative estimate of drug-likeness (QED) is 0.882. The summed E-state index contributed by atoms with van der Waals surface area (Å²) in [4.78, 5) is 13.8. The molecule has 1 fully saturated rings. The highest BCUT2D eigenvalue weighted by Crippen LogP contribution is 2.18. The number of nitrogens with zero attached hydrogens (tertiary/aromatic N) is 1. The number of hydrogen-bond donors (Lipinski definition) is 2. The largest absolute Gasteiger partial charge is 0.328 e. The van der Waals surface area contributed by atoms with E-state index in [1.807, 2.05) is 11.8 Å². The van der Waals surface area contributed by atoms with E-state index >= 15 is 0 Å². The zero-order valence-electron chi connectivity index (χ0n) is 11.4. The number of nitrogens with one attached hydrogen (secondary N) is 1. The molecular weight excluding hydrogens is 264 g/mol. The van der Waals surface area contributed by atoms with Crippen LogP contribution in [0.1, 0.15) is 13.3 Å². The third-order valence-corrected chi connectivity index (χ3v) is 3.57. The van der Waals surface area contributed by atoms with E-state index in [2.05, 4.69) is 5.32 Å². The second-order valence-corrected chi connectivity index (χ2v) is 5.35. The van der Waals surface area contributed by atoms with Crippen LogP contribution in [0.4, 0.5) is 14.5 Å². The lowest BCUT2D eigenvalue weighted by atomic mass is 10.0. The number of benzene rings is 1. The van der Waals surface area contributed by atoms with E-state index in [1.165, 1.54) is 0 Å². The van der Waals surface area contributed by atoms with Gasteiger partial charge in [-0.2, -0.15) is 0 Å². The monoisotopic (exact) mass is 283 g/mol. The second kappa shape index (κ2) is 6.28. The number of carbonyl (C=O) groups excluding carboxylic acids is 1. The molecule has 1 saturated heterocycles. The summed E-state index contributed by atoms with van der Waals surface area (Å²) in [6.07, 6.45) is 0.972. The van der Waals surface area contributed by atoms with Gasteiger partial charge in [0.2, 0.25) is 5.91 Å². The molecule has 0 bridgehead atoms. The summed E-state index contributed by atoms with van der Waals surface area (Å²) in [6, 6.07) is 3.06. The summed E-state index contributed by atoms with van der Waals surface area (Å²) in [6.45, 7) is 3.77. The highest BCUT2D eigenvalue weighted by atomic mass is 19.1. The SMILES string of the molecule is CC(N)C1CCN(CC(=O)Nc2cc(F)cc(F)c2)C1. The topological polar surface area (TPSA) is 58.4 Å². The van der Waals surface area contributed by atoms with Gasteiger partial charge in [0.1, 0.15) is 11.6 Å². The molecule has 0 saturated carbocycles. The van der Waals surface area contributed by atoms with Crippen molar-refractivity contribution >= 4 is 11.6 Å². The predicted octanol–water partition coefficient (Wildman–Crippen LogP) is 1.57. The summed E-state index contributed by atoms with van der Waals surface area (Å²) < 4.78 is 26.0. The van der Waals surface area contributed by atoms with E-state index < -0.39 is 11.6 Å². The van der Waals surface area contributed by atoms with Crippen molar-refractivity contribution in [2.24, 2.45) is 11.7 Å². The van der Waals surface area contributed by atoms with Gasteiger partial charge < -0.3 is 11.1 Å². The van der Waals surface area contributed by atoms with Crippen LogP contribution in [0.2, 0.25) is 0 Å². The molecule has 6 heteroatoms. The fourth-order valence-electron chi connectivity index (χ4n) is 2.46. The minimum atomic E-state index is -0.710. The smallest absolute Gasteiger partial charge is 0.238 e. The molecule has 1 aromatic carbocycles. The number of rotatable bonds is 4. The molecule has 2 atom stereocenters. The second-order valence-electron chi connectivity index (χ2n) is 5.35. The molecule has 2 rings (SSSR count). The van der Waals surface area contributed by atoms with Gasteiger partial charge in [-0.05, 0) is 37.9 Å². The lowest BCUT2D eigenvalue weighted by Gasteiger charge is -2.17. The van der Waals surface area contributed by atoms with Gasteiger partial charge in [0.05, 0.1) is 6.54 Å². The van der Waals surface area contributed by atoms with Crippen LogP contribution in [0.3, 0.4) is 0 Å². The van der Waals surface area contributed by atoms with Gasteiger partial charge in [0.25, 0.3) is 0 Å². The van der Waals surface area contributed by atoms with Crippen LogP contribution in [-0.4, -0.2) is 36.5 Å². The van der Waals surface area contributed by atoms with Crippen LogP contribution in [0.5, 0.6) is 0 Å². The average molecular weight is 283 g/mol. The number of halogens is 2. The molecule has 0 aromatic heterocycles. The van der Waals surface area contributed by atoms with Crippen LogP contribution in [-0.2, 0) is 4.79 Å². The van der Waals surface area contributed by atoms with Gasteiger partial charge in [-0.15, -0.1) is 0 Å². The summed E-state index contributed by atoms with van der Waals surface area (Å²) in [5.41, 5.74) is 5.97. The van der Waals surface area contributed by atoms with Crippen LogP contribution in [0.15, 0.2) is 18.2 Å². The van der Waals surface area contributed by atoms with E-state index in [1.54, 1.807) is 0 Å². The zero-order chi connectivity index (χ0) is 14.7. The number of likely N-dealkylation sites (tertiary alicyclic amines) is 1. The van der Waals surface area contributed by atoms with Crippen molar-refractivity contribution in [3.8, 4) is 0 Å². The molecule has 0 radical (unpaired) electrons. The number of hydrogen-bond acceptors (Lipinski definition) is 3. The molecule has 20 heavy (non-hydrogen) atoms. The fourth-order valence-corrected chi connectivity index (χ4v) is 2.46. The number of amides is 1. The molecule has 0 spiro atoms. The van der Waals surface area contributed by atoms with Gasteiger partial charge in [-0.25, -0.2) is 8.78 Å². The Morgan fingerprint density at radius 3 is 2.65 bits per heavy atom. The molecule has 4 nitrogen and oxygen atoms in total. The van der Waals surface area contributed by atoms with E-state index in [9.17, 15) is 13.6 Å². The molecule has 1 amide bonds. The first-order valence-corrected chi connectivity index (χ1v) is 6.68. The van der Waals surface area contributed by atoms with Crippen LogP contribution < -0.4 is 11.1 Å². The maximum absolute atomic E-state index is 13.0. The summed E-state index contributed by atoms with van der Waals surface area (Å²) >= 11 is 0. The molecule has 1 aliphatic heterocycles. The number of anilines is 1. The molecular formula is C14H19F2N3O. The Balaban J connectivity index is 1.87. The maximum atomic E-state index is 13.0. The highest BCUT2D eigenvalue weighted by molar-refractivity contribution is 5.92. The van der Waals surface area contributed by atoms with Crippen LogP contribution in [0, 0.1) is 17.6 Å². The summed E-state index contributed by atoms with van der Waals surface area (Å²) in [5.74, 6) is -1.30. The van der Waals surface area contributed by atoms with Gasteiger partial charge in [0, 0.05) is 24.3 Å². The molecule has 3 N–H and O–H groups in total. The highest BCUT2D eigenvalue weighted by Gasteiger charge is 2.26. The lowest BCUT2D eigenvalue weighted by molar-refractivity contribution is -0.117. The normalized spacial score (nSPS) is 20.9. The molecule has 1 heterocycles. The number of carbonyl (C=O) groups is 1. The fraction of sp³-hybridized carbons (Fsp3) is 0.500. The van der Waals surface area contributed by atoms with Crippen molar-refractivity contribution in [2.75, 3.05) is 25.0 Å². The molecule has 1 aromatic rings. The average Bonchev–Trinajstić information content (AvgIpc) is 2.75. The van der Waals surface area contributed by atoms with Crippen LogP contribution >= 0.6 is 0 Å². The van der Waals surface area contributed by atoms with Gasteiger partial charge in [0.15, 0.2) is 0 Å². The minimum Gasteiger partial charge on any atom is -0.328 e. The summed E-state index contributed by atoms with van der Waals surface area (Å²) in [5, 5.41) is 2.50. The van der Waals surface area contributed by atoms with Gasteiger partial charge in [-0.3, -0.25) is 9.69 Å². The zero-order valence-corrected chi connectivity index (χ0v) is 11.4.